The Morgan fingerprint density at radius 3 is 2.46 bits per heavy atom. The molecule has 1 aromatic heterocycles. The summed E-state index contributed by atoms with van der Waals surface area (Å²) in [6, 6.07) is 13.6. The third-order valence-corrected chi connectivity index (χ3v) is 8.26. The van der Waals surface area contributed by atoms with Crippen molar-refractivity contribution in [3.8, 4) is 11.5 Å². The molecule has 0 aliphatic heterocycles. The molecule has 3 aromatic rings. The van der Waals surface area contributed by atoms with Crippen LogP contribution < -0.4 is 19.7 Å². The minimum atomic E-state index is -0.162. The van der Waals surface area contributed by atoms with Gasteiger partial charge in [0.15, 0.2) is 0 Å². The predicted octanol–water partition coefficient (Wildman–Crippen LogP) is 6.99. The van der Waals surface area contributed by atoms with E-state index in [4.69, 9.17) is 14.5 Å². The number of carbonyl (C=O) groups is 1. The highest BCUT2D eigenvalue weighted by atomic mass is 32.1. The van der Waals surface area contributed by atoms with Crippen molar-refractivity contribution in [1.82, 2.24) is 0 Å². The van der Waals surface area contributed by atoms with Gasteiger partial charge in [-0.05, 0) is 66.0 Å². The fraction of sp³-hybridized carbons (Fsp3) is 0.400. The molecule has 0 spiro atoms. The number of nitrogens with one attached hydrogen (secondary N) is 1. The zero-order chi connectivity index (χ0) is 26.7. The normalized spacial score (nSPS) is 15.4. The minimum Gasteiger partial charge on any atom is -0.497 e. The lowest BCUT2D eigenvalue weighted by Gasteiger charge is -2.33. The van der Waals surface area contributed by atoms with Gasteiger partial charge in [0.2, 0.25) is 0 Å². The maximum absolute atomic E-state index is 13.7. The van der Waals surface area contributed by atoms with Crippen molar-refractivity contribution < 1.29 is 14.3 Å². The fourth-order valence-corrected chi connectivity index (χ4v) is 5.98. The number of nitrogens with zero attached hydrogens (tertiary/aromatic N) is 2. The first-order chi connectivity index (χ1) is 17.6. The monoisotopic (exact) mass is 519 g/mol. The summed E-state index contributed by atoms with van der Waals surface area (Å²) < 4.78 is 10.8. The molecule has 2 aromatic carbocycles. The van der Waals surface area contributed by atoms with Crippen LogP contribution in [0.25, 0.3) is 0 Å². The molecule has 4 rings (SSSR count). The van der Waals surface area contributed by atoms with E-state index in [1.54, 1.807) is 37.7 Å². The zero-order valence-corrected chi connectivity index (χ0v) is 23.7. The largest absolute Gasteiger partial charge is 0.497 e. The Hall–Kier alpha value is -3.32. The second-order valence-electron chi connectivity index (χ2n) is 10.8. The average molecular weight is 520 g/mol. The molecule has 37 heavy (non-hydrogen) atoms. The molecule has 7 heteroatoms. The number of ether oxygens (including phenoxy) is 2. The first-order valence-corrected chi connectivity index (χ1v) is 13.4. The minimum absolute atomic E-state index is 0.162. The summed E-state index contributed by atoms with van der Waals surface area (Å²) in [5.41, 5.74) is 4.75. The summed E-state index contributed by atoms with van der Waals surface area (Å²) in [4.78, 5) is 21.9. The summed E-state index contributed by atoms with van der Waals surface area (Å²) in [5.74, 6) is 1.63. The van der Waals surface area contributed by atoms with E-state index in [1.807, 2.05) is 38.5 Å². The number of rotatable bonds is 7. The molecule has 0 saturated heterocycles. The quantitative estimate of drug-likeness (QED) is 0.342. The maximum atomic E-state index is 13.7. The number of hydrogen-bond donors (Lipinski definition) is 1. The standard InChI is InChI=1S/C30H37N3O3S/c1-30(2,3)20-10-14-23-26(16-20)37-29(31-18-19-8-11-21(12-9-19)33(4)5)27(23)28(34)32-24-15-13-22(35-6)17-25(24)36-7/h8-9,11-13,15,17-18,20H,10,14,16H2,1-7H3,(H,32,34)/b31-18+. The number of aliphatic imine (C=N–C) groups is 1. The van der Waals surface area contributed by atoms with Crippen LogP contribution >= 0.6 is 11.3 Å². The number of hydrogen-bond acceptors (Lipinski definition) is 6. The van der Waals surface area contributed by atoms with Crippen LogP contribution in [0.4, 0.5) is 16.4 Å². The van der Waals surface area contributed by atoms with Gasteiger partial charge in [-0.15, -0.1) is 11.3 Å². The van der Waals surface area contributed by atoms with Crippen molar-refractivity contribution in [2.45, 2.75) is 40.0 Å². The van der Waals surface area contributed by atoms with E-state index in [1.165, 1.54) is 4.88 Å². The Morgan fingerprint density at radius 1 is 1.11 bits per heavy atom. The molecule has 1 aliphatic rings. The van der Waals surface area contributed by atoms with Gasteiger partial charge < -0.3 is 19.7 Å². The molecule has 0 radical (unpaired) electrons. The number of thiophene rings is 1. The number of anilines is 2. The molecule has 1 aliphatic carbocycles. The number of fused-ring (bicyclic) bond motifs is 1. The molecule has 1 N–H and O–H groups in total. The molecule has 6 nitrogen and oxygen atoms in total. The molecule has 1 unspecified atom stereocenters. The van der Waals surface area contributed by atoms with Crippen LogP contribution in [0.3, 0.4) is 0 Å². The Kier molecular flexibility index (Phi) is 7.93. The summed E-state index contributed by atoms with van der Waals surface area (Å²) in [5, 5.41) is 3.82. The van der Waals surface area contributed by atoms with E-state index in [0.717, 1.165) is 41.1 Å². The van der Waals surface area contributed by atoms with Crippen molar-refractivity contribution in [1.29, 1.82) is 0 Å². The molecule has 0 saturated carbocycles. The highest BCUT2D eigenvalue weighted by molar-refractivity contribution is 7.16. The summed E-state index contributed by atoms with van der Waals surface area (Å²) >= 11 is 1.65. The third-order valence-electron chi connectivity index (χ3n) is 7.10. The first-order valence-electron chi connectivity index (χ1n) is 12.6. The smallest absolute Gasteiger partial charge is 0.259 e. The van der Waals surface area contributed by atoms with Crippen LogP contribution in [-0.4, -0.2) is 40.4 Å². The van der Waals surface area contributed by atoms with E-state index in [0.29, 0.717) is 28.7 Å². The Balaban J connectivity index is 1.69. The number of amides is 1. The van der Waals surface area contributed by atoms with Crippen LogP contribution in [0.15, 0.2) is 47.5 Å². The number of methoxy groups -OCH3 is 2. The molecular weight excluding hydrogens is 482 g/mol. The van der Waals surface area contributed by atoms with Gasteiger partial charge in [-0.25, -0.2) is 4.99 Å². The first kappa shape index (κ1) is 26.7. The average Bonchev–Trinajstić information content (AvgIpc) is 3.25. The van der Waals surface area contributed by atoms with Crippen molar-refractivity contribution in [3.63, 3.8) is 0 Å². The zero-order valence-electron chi connectivity index (χ0n) is 22.8. The van der Waals surface area contributed by atoms with E-state index in [2.05, 4.69) is 43.1 Å². The van der Waals surface area contributed by atoms with E-state index in [-0.39, 0.29) is 11.3 Å². The third kappa shape index (κ3) is 5.99. The molecule has 0 bridgehead atoms. The molecule has 1 heterocycles. The van der Waals surface area contributed by atoms with Gasteiger partial charge in [0, 0.05) is 36.9 Å². The SMILES string of the molecule is COc1ccc(NC(=O)c2c(/N=C/c3ccc(N(C)C)cc3)sc3c2CCC(C(C)(C)C)C3)c(OC)c1. The molecule has 1 atom stereocenters. The molecular formula is C30H37N3O3S. The highest BCUT2D eigenvalue weighted by Crippen LogP contribution is 2.45. The second kappa shape index (κ2) is 11.0. The van der Waals surface area contributed by atoms with Gasteiger partial charge in [-0.1, -0.05) is 32.9 Å². The van der Waals surface area contributed by atoms with E-state index in [9.17, 15) is 4.79 Å². The van der Waals surface area contributed by atoms with Crippen LogP contribution in [0.1, 0.15) is 53.6 Å². The highest BCUT2D eigenvalue weighted by Gasteiger charge is 2.33. The van der Waals surface area contributed by atoms with E-state index >= 15 is 0 Å². The topological polar surface area (TPSA) is 63.2 Å². The fourth-order valence-electron chi connectivity index (χ4n) is 4.71. The predicted molar refractivity (Wildman–Crippen MR) is 155 cm³/mol. The lowest BCUT2D eigenvalue weighted by Crippen LogP contribution is -2.27. The van der Waals surface area contributed by atoms with Gasteiger partial charge in [-0.2, -0.15) is 0 Å². The second-order valence-corrected chi connectivity index (χ2v) is 11.8. The Labute approximate surface area is 224 Å². The van der Waals surface area contributed by atoms with Crippen LogP contribution in [0.5, 0.6) is 11.5 Å². The maximum Gasteiger partial charge on any atom is 0.259 e. The van der Waals surface area contributed by atoms with Crippen molar-refractivity contribution in [2.24, 2.45) is 16.3 Å². The Morgan fingerprint density at radius 2 is 1.84 bits per heavy atom. The summed E-state index contributed by atoms with van der Waals surface area (Å²) in [7, 11) is 7.23. The molecule has 196 valence electrons. The summed E-state index contributed by atoms with van der Waals surface area (Å²) in [6.45, 7) is 6.91. The summed E-state index contributed by atoms with van der Waals surface area (Å²) in [6.07, 6.45) is 4.77. The Bertz CT molecular complexity index is 1290. The van der Waals surface area contributed by atoms with Crippen molar-refractivity contribution in [3.05, 3.63) is 64.0 Å². The van der Waals surface area contributed by atoms with Gasteiger partial charge in [0.25, 0.3) is 5.91 Å². The molecule has 0 fully saturated rings. The number of benzene rings is 2. The lowest BCUT2D eigenvalue weighted by atomic mass is 9.72. The van der Waals surface area contributed by atoms with Gasteiger partial charge in [0.1, 0.15) is 16.5 Å². The van der Waals surface area contributed by atoms with Gasteiger partial charge >= 0.3 is 0 Å². The van der Waals surface area contributed by atoms with Crippen molar-refractivity contribution >= 4 is 39.8 Å². The number of carbonyl (C=O) groups excluding carboxylic acids is 1. The van der Waals surface area contributed by atoms with Gasteiger partial charge in [0.05, 0.1) is 25.5 Å². The van der Waals surface area contributed by atoms with Crippen LogP contribution in [0, 0.1) is 11.3 Å². The molecule has 1 amide bonds. The van der Waals surface area contributed by atoms with Crippen molar-refractivity contribution in [2.75, 3.05) is 38.5 Å². The lowest BCUT2D eigenvalue weighted by molar-refractivity contribution is 0.102. The van der Waals surface area contributed by atoms with E-state index < -0.39 is 0 Å². The van der Waals surface area contributed by atoms with Crippen LogP contribution in [0.2, 0.25) is 0 Å². The van der Waals surface area contributed by atoms with Crippen LogP contribution in [-0.2, 0) is 12.8 Å². The van der Waals surface area contributed by atoms with Gasteiger partial charge in [-0.3, -0.25) is 4.79 Å².